The normalized spacial score (nSPS) is 43.2. The van der Waals surface area contributed by atoms with E-state index in [-0.39, 0.29) is 18.1 Å². The summed E-state index contributed by atoms with van der Waals surface area (Å²) in [6.07, 6.45) is 6.60. The van der Waals surface area contributed by atoms with Crippen molar-refractivity contribution >= 4 is 5.97 Å². The third-order valence-corrected chi connectivity index (χ3v) is 5.34. The van der Waals surface area contributed by atoms with Crippen LogP contribution in [-0.4, -0.2) is 18.1 Å². The van der Waals surface area contributed by atoms with Gasteiger partial charge < -0.3 is 10.5 Å². The summed E-state index contributed by atoms with van der Waals surface area (Å²) in [6, 6.07) is -0.387. The van der Waals surface area contributed by atoms with Gasteiger partial charge in [0.05, 0.1) is 6.10 Å². The lowest BCUT2D eigenvalue weighted by molar-refractivity contribution is -0.155. The van der Waals surface area contributed by atoms with Crippen LogP contribution in [0.5, 0.6) is 0 Å². The first-order valence-electron chi connectivity index (χ1n) is 7.50. The summed E-state index contributed by atoms with van der Waals surface area (Å²) in [4.78, 5) is 12.0. The summed E-state index contributed by atoms with van der Waals surface area (Å²) in [5.41, 5.74) is 6.22. The average molecular weight is 251 g/mol. The van der Waals surface area contributed by atoms with Crippen molar-refractivity contribution in [1.29, 1.82) is 0 Å². The molecule has 4 saturated carbocycles. The Morgan fingerprint density at radius 1 is 1.06 bits per heavy atom. The summed E-state index contributed by atoms with van der Waals surface area (Å²) in [5.74, 6) is 3.45. The zero-order valence-electron chi connectivity index (χ0n) is 11.5. The van der Waals surface area contributed by atoms with Crippen LogP contribution in [-0.2, 0) is 9.53 Å². The molecule has 0 radical (unpaired) electrons. The summed E-state index contributed by atoms with van der Waals surface area (Å²) in [7, 11) is 0. The monoisotopic (exact) mass is 251 g/mol. The van der Waals surface area contributed by atoms with Crippen molar-refractivity contribution in [2.75, 3.05) is 0 Å². The smallest absolute Gasteiger partial charge is 0.323 e. The van der Waals surface area contributed by atoms with Gasteiger partial charge in [0.2, 0.25) is 0 Å². The van der Waals surface area contributed by atoms with Crippen LogP contribution >= 0.6 is 0 Å². The van der Waals surface area contributed by atoms with E-state index in [2.05, 4.69) is 0 Å². The van der Waals surface area contributed by atoms with E-state index < -0.39 is 0 Å². The predicted molar refractivity (Wildman–Crippen MR) is 69.7 cm³/mol. The van der Waals surface area contributed by atoms with E-state index in [0.717, 1.165) is 11.8 Å². The molecule has 4 fully saturated rings. The highest BCUT2D eigenvalue weighted by atomic mass is 16.5. The van der Waals surface area contributed by atoms with Gasteiger partial charge in [0.25, 0.3) is 0 Å². The zero-order valence-corrected chi connectivity index (χ0v) is 11.5. The van der Waals surface area contributed by atoms with Crippen LogP contribution in [0, 0.1) is 29.6 Å². The number of carbonyl (C=O) groups is 1. The first-order valence-corrected chi connectivity index (χ1v) is 7.50. The third kappa shape index (κ3) is 2.07. The maximum atomic E-state index is 12.0. The molecule has 1 atom stereocenters. The Labute approximate surface area is 109 Å². The third-order valence-electron chi connectivity index (χ3n) is 5.34. The first-order chi connectivity index (χ1) is 8.54. The molecule has 4 rings (SSSR count). The van der Waals surface area contributed by atoms with Gasteiger partial charge >= 0.3 is 5.97 Å². The van der Waals surface area contributed by atoms with Crippen molar-refractivity contribution < 1.29 is 9.53 Å². The second kappa shape index (κ2) is 4.52. The Hall–Kier alpha value is -0.570. The number of nitrogens with two attached hydrogens (primary N) is 1. The molecule has 0 spiro atoms. The van der Waals surface area contributed by atoms with Crippen LogP contribution in [0.3, 0.4) is 0 Å². The van der Waals surface area contributed by atoms with Gasteiger partial charge in [-0.3, -0.25) is 4.79 Å². The van der Waals surface area contributed by atoms with Crippen molar-refractivity contribution in [3.8, 4) is 0 Å². The highest BCUT2D eigenvalue weighted by Gasteiger charge is 2.51. The van der Waals surface area contributed by atoms with E-state index in [0.29, 0.717) is 17.8 Å². The molecule has 102 valence electrons. The number of hydrogen-bond donors (Lipinski definition) is 1. The van der Waals surface area contributed by atoms with Gasteiger partial charge in [-0.25, -0.2) is 0 Å². The standard InChI is InChI=1S/C15H25NO2/c1-8(2)18-15(17)14(16)13-11-4-9-3-10(6-11)7-12(13)5-9/h8-14H,3-7,16H2,1-2H3. The molecule has 18 heavy (non-hydrogen) atoms. The SMILES string of the molecule is CC(C)OC(=O)C(N)C1C2CC3CC(C2)CC1C3. The topological polar surface area (TPSA) is 52.3 Å². The van der Waals surface area contributed by atoms with E-state index >= 15 is 0 Å². The number of rotatable bonds is 3. The Balaban J connectivity index is 1.70. The number of carbonyl (C=O) groups excluding carboxylic acids is 1. The number of esters is 1. The summed E-state index contributed by atoms with van der Waals surface area (Å²) in [6.45, 7) is 3.78. The molecule has 0 aromatic rings. The average Bonchev–Trinajstić information content (AvgIpc) is 2.26. The van der Waals surface area contributed by atoms with Crippen LogP contribution in [0.1, 0.15) is 46.0 Å². The van der Waals surface area contributed by atoms with Crippen LogP contribution in [0.25, 0.3) is 0 Å². The molecule has 1 unspecified atom stereocenters. The summed E-state index contributed by atoms with van der Waals surface area (Å²) >= 11 is 0. The van der Waals surface area contributed by atoms with E-state index in [9.17, 15) is 4.79 Å². The van der Waals surface area contributed by atoms with E-state index in [1.54, 1.807) is 0 Å². The highest BCUT2D eigenvalue weighted by Crippen LogP contribution is 2.57. The minimum absolute atomic E-state index is 0.0552. The molecule has 0 aliphatic heterocycles. The quantitative estimate of drug-likeness (QED) is 0.783. The molecule has 3 nitrogen and oxygen atoms in total. The maximum absolute atomic E-state index is 12.0. The van der Waals surface area contributed by atoms with Gasteiger partial charge in [-0.1, -0.05) is 0 Å². The Kier molecular flexibility index (Phi) is 3.13. The second-order valence-electron chi connectivity index (χ2n) is 7.02. The van der Waals surface area contributed by atoms with E-state index in [1.165, 1.54) is 32.1 Å². The predicted octanol–water partition coefficient (Wildman–Crippen LogP) is 2.34. The lowest BCUT2D eigenvalue weighted by atomic mass is 9.50. The summed E-state index contributed by atoms with van der Waals surface area (Å²) in [5, 5.41) is 0. The van der Waals surface area contributed by atoms with E-state index in [4.69, 9.17) is 10.5 Å². The Morgan fingerprint density at radius 2 is 1.56 bits per heavy atom. The highest BCUT2D eigenvalue weighted by molar-refractivity contribution is 5.76. The number of ether oxygens (including phenoxy) is 1. The van der Waals surface area contributed by atoms with Gasteiger partial charge in [-0.05, 0) is 75.5 Å². The molecule has 0 heterocycles. The molecule has 0 aromatic heterocycles. The molecule has 4 aliphatic rings. The van der Waals surface area contributed by atoms with Crippen LogP contribution < -0.4 is 5.73 Å². The lowest BCUT2D eigenvalue weighted by Gasteiger charge is -2.55. The molecule has 0 amide bonds. The minimum atomic E-state index is -0.387. The second-order valence-corrected chi connectivity index (χ2v) is 7.02. The van der Waals surface area contributed by atoms with Crippen molar-refractivity contribution in [2.24, 2.45) is 35.3 Å². The van der Waals surface area contributed by atoms with Crippen molar-refractivity contribution in [3.05, 3.63) is 0 Å². The van der Waals surface area contributed by atoms with Crippen molar-refractivity contribution in [2.45, 2.75) is 58.1 Å². The van der Waals surface area contributed by atoms with Crippen molar-refractivity contribution in [3.63, 3.8) is 0 Å². The largest absolute Gasteiger partial charge is 0.462 e. The van der Waals surface area contributed by atoms with Gasteiger partial charge in [-0.15, -0.1) is 0 Å². The van der Waals surface area contributed by atoms with Crippen LogP contribution in [0.2, 0.25) is 0 Å². The first kappa shape index (κ1) is 12.5. The Morgan fingerprint density at radius 3 is 2.00 bits per heavy atom. The Bertz CT molecular complexity index is 311. The zero-order chi connectivity index (χ0) is 12.9. The van der Waals surface area contributed by atoms with Gasteiger partial charge in [0, 0.05) is 0 Å². The van der Waals surface area contributed by atoms with Crippen LogP contribution in [0.4, 0.5) is 0 Å². The van der Waals surface area contributed by atoms with Crippen molar-refractivity contribution in [1.82, 2.24) is 0 Å². The molecule has 4 aliphatic carbocycles. The molecule has 4 bridgehead atoms. The van der Waals surface area contributed by atoms with Gasteiger partial charge in [0.1, 0.15) is 6.04 Å². The number of hydrogen-bond acceptors (Lipinski definition) is 3. The van der Waals surface area contributed by atoms with Crippen LogP contribution in [0.15, 0.2) is 0 Å². The summed E-state index contributed by atoms with van der Waals surface area (Å²) < 4.78 is 5.30. The molecule has 3 heteroatoms. The maximum Gasteiger partial charge on any atom is 0.323 e. The van der Waals surface area contributed by atoms with Gasteiger partial charge in [0.15, 0.2) is 0 Å². The van der Waals surface area contributed by atoms with E-state index in [1.807, 2.05) is 13.8 Å². The molecule has 0 aromatic carbocycles. The fraction of sp³-hybridized carbons (Fsp3) is 0.933. The molecule has 0 saturated heterocycles. The minimum Gasteiger partial charge on any atom is -0.462 e. The van der Waals surface area contributed by atoms with Gasteiger partial charge in [-0.2, -0.15) is 0 Å². The molecular weight excluding hydrogens is 226 g/mol. The molecular formula is C15H25NO2. The fourth-order valence-electron chi connectivity index (χ4n) is 5.02. The molecule has 2 N–H and O–H groups in total. The fourth-order valence-corrected chi connectivity index (χ4v) is 5.02. The lowest BCUT2D eigenvalue weighted by Crippen LogP contribution is -2.54.